The van der Waals surface area contributed by atoms with Crippen molar-refractivity contribution in [2.75, 3.05) is 0 Å². The minimum absolute atomic E-state index is 0.0589. The normalized spacial score (nSPS) is 11.2. The van der Waals surface area contributed by atoms with Crippen molar-refractivity contribution in [3.8, 4) is 21.1 Å². The van der Waals surface area contributed by atoms with Crippen molar-refractivity contribution in [3.05, 3.63) is 129 Å². The number of halogens is 6. The summed E-state index contributed by atoms with van der Waals surface area (Å²) >= 11 is 3.20. The van der Waals surface area contributed by atoms with Gasteiger partial charge in [0.2, 0.25) is 0 Å². The second kappa shape index (κ2) is 16.2. The fourth-order valence-electron chi connectivity index (χ4n) is 4.14. The van der Waals surface area contributed by atoms with Gasteiger partial charge in [0.25, 0.3) is 5.91 Å². The molecular weight excluding hydrogens is 695 g/mol. The molecule has 0 unspecified atom stereocenters. The first-order chi connectivity index (χ1) is 23.3. The van der Waals surface area contributed by atoms with Crippen LogP contribution in [0.15, 0.2) is 95.7 Å². The Morgan fingerprint density at radius 3 is 1.61 bits per heavy atom. The maximum absolute atomic E-state index is 12.9. The smallest absolute Gasteiger partial charge is 0.417 e. The predicted octanol–water partition coefficient (Wildman–Crippen LogP) is 8.09. The molecule has 6 aromatic rings. The fraction of sp³-hybridized carbons (Fsp3) is 0.125. The van der Waals surface area contributed by atoms with Crippen molar-refractivity contribution in [2.24, 2.45) is 5.73 Å². The van der Waals surface area contributed by atoms with Crippen molar-refractivity contribution >= 4 is 34.6 Å². The Morgan fingerprint density at radius 2 is 1.18 bits per heavy atom. The Morgan fingerprint density at radius 1 is 0.714 bits per heavy atom. The zero-order valence-corrected chi connectivity index (χ0v) is 26.6. The van der Waals surface area contributed by atoms with Crippen molar-refractivity contribution in [3.63, 3.8) is 0 Å². The molecule has 9 nitrogen and oxygen atoms in total. The average Bonchev–Trinajstić information content (AvgIpc) is 3.91. The number of carboxylic acid groups (broad SMARTS) is 1. The van der Waals surface area contributed by atoms with E-state index in [1.165, 1.54) is 34.4 Å². The molecule has 0 fully saturated rings. The SMILES string of the molecule is NCc1cc(-c2cccs2)n[nH]1.O=C(NCc1cc(-c2cccs2)n[nH]1)c1ccccc1C(F)(F)F.O=C(O)c1ccccc1C(F)(F)F. The number of benzene rings is 2. The lowest BCUT2D eigenvalue weighted by Crippen LogP contribution is -2.26. The number of H-pyrrole nitrogens is 2. The van der Waals surface area contributed by atoms with Crippen LogP contribution in [-0.2, 0) is 25.4 Å². The molecule has 49 heavy (non-hydrogen) atoms. The molecular formula is C32H26F6N6O3S2. The summed E-state index contributed by atoms with van der Waals surface area (Å²) in [5.74, 6) is -2.36. The largest absolute Gasteiger partial charge is 0.478 e. The molecule has 0 radical (unpaired) electrons. The van der Waals surface area contributed by atoms with Crippen molar-refractivity contribution in [2.45, 2.75) is 25.4 Å². The number of alkyl halides is 6. The van der Waals surface area contributed by atoms with Gasteiger partial charge in [0.05, 0.1) is 44.2 Å². The number of amides is 1. The third kappa shape index (κ3) is 10.1. The highest BCUT2D eigenvalue weighted by Gasteiger charge is 2.35. The van der Waals surface area contributed by atoms with Crippen LogP contribution >= 0.6 is 22.7 Å². The average molecular weight is 721 g/mol. The summed E-state index contributed by atoms with van der Waals surface area (Å²) in [7, 11) is 0. The highest BCUT2D eigenvalue weighted by Crippen LogP contribution is 2.33. The standard InChI is InChI=1S/C16H12F3N3OS.C8H5F3O2.C8H9N3S/c17-16(18,19)12-5-2-1-4-11(12)15(23)20-9-10-8-13(22-21-10)14-6-3-7-24-14;9-8(10,11)6-4-2-1-3-5(6)7(12)13;9-5-6-4-7(11-10-6)8-2-1-3-12-8/h1-8H,9H2,(H,20,23)(H,21,22);1-4H,(H,12,13);1-4H,5,9H2,(H,10,11). The summed E-state index contributed by atoms with van der Waals surface area (Å²) in [6, 6.07) is 20.3. The first kappa shape index (κ1) is 36.6. The van der Waals surface area contributed by atoms with E-state index < -0.39 is 46.5 Å². The molecule has 0 atom stereocenters. The molecule has 6 N–H and O–H groups in total. The topological polar surface area (TPSA) is 150 Å². The molecule has 17 heteroatoms. The van der Waals surface area contributed by atoms with Crippen molar-refractivity contribution in [1.29, 1.82) is 0 Å². The number of nitrogens with zero attached hydrogens (tertiary/aromatic N) is 2. The summed E-state index contributed by atoms with van der Waals surface area (Å²) in [6.45, 7) is 0.571. The molecule has 0 saturated carbocycles. The van der Waals surface area contributed by atoms with Crippen LogP contribution < -0.4 is 11.1 Å². The zero-order chi connectivity index (χ0) is 35.6. The van der Waals surface area contributed by atoms with E-state index >= 15 is 0 Å². The van der Waals surface area contributed by atoms with Gasteiger partial charge in [0, 0.05) is 12.2 Å². The molecule has 0 spiro atoms. The number of thiophene rings is 2. The number of aromatic carboxylic acids is 1. The van der Waals surface area contributed by atoms with Gasteiger partial charge in [0.15, 0.2) is 0 Å². The molecule has 1 amide bonds. The number of rotatable bonds is 7. The first-order valence-electron chi connectivity index (χ1n) is 14.0. The maximum Gasteiger partial charge on any atom is 0.417 e. The maximum atomic E-state index is 12.9. The van der Waals surface area contributed by atoms with Crippen LogP contribution in [0.4, 0.5) is 26.3 Å². The quantitative estimate of drug-likeness (QED) is 0.105. The monoisotopic (exact) mass is 720 g/mol. The second-order valence-corrected chi connectivity index (χ2v) is 11.7. The van der Waals surface area contributed by atoms with E-state index in [-0.39, 0.29) is 6.54 Å². The molecule has 2 aromatic carbocycles. The number of nitrogens with two attached hydrogens (primary N) is 1. The van der Waals surface area contributed by atoms with Crippen LogP contribution in [0.25, 0.3) is 21.1 Å². The minimum Gasteiger partial charge on any atom is -0.478 e. The third-order valence-electron chi connectivity index (χ3n) is 6.41. The highest BCUT2D eigenvalue weighted by atomic mass is 32.1. The molecule has 0 aliphatic rings. The van der Waals surface area contributed by atoms with Gasteiger partial charge in [-0.05, 0) is 59.3 Å². The molecule has 0 saturated heterocycles. The molecule has 4 heterocycles. The lowest BCUT2D eigenvalue weighted by atomic mass is 10.1. The van der Waals surface area contributed by atoms with E-state index in [9.17, 15) is 35.9 Å². The van der Waals surface area contributed by atoms with Gasteiger partial charge in [-0.25, -0.2) is 4.79 Å². The van der Waals surface area contributed by atoms with Crippen LogP contribution in [0, 0.1) is 0 Å². The number of nitrogens with one attached hydrogen (secondary N) is 3. The van der Waals surface area contributed by atoms with Gasteiger partial charge in [-0.1, -0.05) is 36.4 Å². The zero-order valence-electron chi connectivity index (χ0n) is 25.0. The predicted molar refractivity (Wildman–Crippen MR) is 173 cm³/mol. The number of carboxylic acids is 1. The van der Waals surface area contributed by atoms with Crippen LogP contribution in [-0.4, -0.2) is 37.4 Å². The van der Waals surface area contributed by atoms with E-state index in [2.05, 4.69) is 25.7 Å². The lowest BCUT2D eigenvalue weighted by molar-refractivity contribution is -0.138. The highest BCUT2D eigenvalue weighted by molar-refractivity contribution is 7.13. The van der Waals surface area contributed by atoms with E-state index in [4.69, 9.17) is 10.8 Å². The Balaban J connectivity index is 0.000000182. The van der Waals surface area contributed by atoms with Gasteiger partial charge in [-0.15, -0.1) is 22.7 Å². The van der Waals surface area contributed by atoms with Crippen molar-refractivity contribution < 1.29 is 41.0 Å². The first-order valence-corrected chi connectivity index (χ1v) is 15.7. The Kier molecular flexibility index (Phi) is 12.1. The lowest BCUT2D eigenvalue weighted by Gasteiger charge is -2.12. The second-order valence-electron chi connectivity index (χ2n) is 9.79. The number of aromatic amines is 2. The summed E-state index contributed by atoms with van der Waals surface area (Å²) in [6.07, 6.45) is -9.19. The van der Waals surface area contributed by atoms with Gasteiger partial charge >= 0.3 is 18.3 Å². The Hall–Kier alpha value is -5.26. The third-order valence-corrected chi connectivity index (χ3v) is 8.19. The fourth-order valence-corrected chi connectivity index (χ4v) is 5.51. The Bertz CT molecular complexity index is 1950. The number of carbonyl (C=O) groups is 2. The summed E-state index contributed by atoms with van der Waals surface area (Å²) in [5, 5.41) is 28.8. The van der Waals surface area contributed by atoms with Crippen LogP contribution in [0.3, 0.4) is 0 Å². The number of hydrogen-bond acceptors (Lipinski definition) is 7. The van der Waals surface area contributed by atoms with Crippen LogP contribution in [0.1, 0.15) is 43.2 Å². The number of aromatic nitrogens is 4. The Labute approximate surface area is 282 Å². The summed E-state index contributed by atoms with van der Waals surface area (Å²) in [4.78, 5) is 24.6. The molecule has 256 valence electrons. The van der Waals surface area contributed by atoms with Gasteiger partial charge < -0.3 is 16.2 Å². The molecule has 0 aliphatic carbocycles. The van der Waals surface area contributed by atoms with Crippen LogP contribution in [0.2, 0.25) is 0 Å². The molecule has 6 rings (SSSR count). The number of carbonyl (C=O) groups excluding carboxylic acids is 1. The molecule has 0 bridgehead atoms. The molecule has 0 aliphatic heterocycles. The minimum atomic E-state index is -4.62. The van der Waals surface area contributed by atoms with Gasteiger partial charge in [0.1, 0.15) is 11.4 Å². The van der Waals surface area contributed by atoms with E-state index in [1.807, 2.05) is 41.1 Å². The summed E-state index contributed by atoms with van der Waals surface area (Å²) in [5.41, 5.74) is 5.53. The summed E-state index contributed by atoms with van der Waals surface area (Å²) < 4.78 is 75.2. The van der Waals surface area contributed by atoms with Crippen LogP contribution in [0.5, 0.6) is 0 Å². The van der Waals surface area contributed by atoms with Crippen molar-refractivity contribution in [1.82, 2.24) is 25.7 Å². The van der Waals surface area contributed by atoms with E-state index in [0.29, 0.717) is 12.2 Å². The van der Waals surface area contributed by atoms with E-state index in [1.54, 1.807) is 17.4 Å². The number of hydrogen-bond donors (Lipinski definition) is 5. The van der Waals surface area contributed by atoms with E-state index in [0.717, 1.165) is 52.3 Å². The molecule has 4 aromatic heterocycles. The van der Waals surface area contributed by atoms with Gasteiger partial charge in [-0.3, -0.25) is 15.0 Å². The van der Waals surface area contributed by atoms with Gasteiger partial charge in [-0.2, -0.15) is 36.5 Å².